The van der Waals surface area contributed by atoms with Crippen molar-refractivity contribution in [1.29, 1.82) is 0 Å². The molecule has 2 amide bonds. The molecule has 1 heterocycles. The average molecular weight is 386 g/mol. The standard InChI is InChI=1S/C22H31N3O3/c1-2-28-21-18(4-3-5-23-21)13-24-20(27)14-25-19(26)12-22-9-15-6-16(10-22)8-17(7-15)11-22/h3-5,15-17H,2,6-14H2,1H3,(H,24,27)(H,25,26). The average Bonchev–Trinajstić information content (AvgIpc) is 2.64. The van der Waals surface area contributed by atoms with Crippen molar-refractivity contribution in [3.05, 3.63) is 23.9 Å². The molecule has 4 bridgehead atoms. The van der Waals surface area contributed by atoms with Gasteiger partial charge in [-0.1, -0.05) is 6.07 Å². The lowest BCUT2D eigenvalue weighted by Gasteiger charge is -2.56. The maximum Gasteiger partial charge on any atom is 0.239 e. The van der Waals surface area contributed by atoms with E-state index < -0.39 is 0 Å². The van der Waals surface area contributed by atoms with Crippen molar-refractivity contribution in [3.63, 3.8) is 0 Å². The maximum absolute atomic E-state index is 12.5. The summed E-state index contributed by atoms with van der Waals surface area (Å²) in [5.74, 6) is 2.87. The monoisotopic (exact) mass is 385 g/mol. The first-order valence-corrected chi connectivity index (χ1v) is 10.7. The van der Waals surface area contributed by atoms with Gasteiger partial charge in [-0.15, -0.1) is 0 Å². The lowest BCUT2D eigenvalue weighted by Crippen LogP contribution is -2.48. The van der Waals surface area contributed by atoms with E-state index in [9.17, 15) is 9.59 Å². The van der Waals surface area contributed by atoms with Crippen LogP contribution in [-0.4, -0.2) is 29.9 Å². The second-order valence-electron chi connectivity index (χ2n) is 9.05. The summed E-state index contributed by atoms with van der Waals surface area (Å²) in [6.45, 7) is 2.79. The molecule has 4 aliphatic rings. The number of nitrogens with zero attached hydrogens (tertiary/aromatic N) is 1. The molecule has 4 aliphatic carbocycles. The molecule has 5 rings (SSSR count). The lowest BCUT2D eigenvalue weighted by molar-refractivity contribution is -0.131. The number of ether oxygens (including phenoxy) is 1. The highest BCUT2D eigenvalue weighted by Crippen LogP contribution is 2.61. The molecule has 0 aliphatic heterocycles. The largest absolute Gasteiger partial charge is 0.478 e. The zero-order chi connectivity index (χ0) is 19.6. The van der Waals surface area contributed by atoms with Gasteiger partial charge in [-0.25, -0.2) is 4.98 Å². The first-order chi connectivity index (χ1) is 13.5. The van der Waals surface area contributed by atoms with E-state index in [1.54, 1.807) is 6.20 Å². The molecule has 4 fully saturated rings. The van der Waals surface area contributed by atoms with Gasteiger partial charge in [0.05, 0.1) is 13.2 Å². The molecule has 0 atom stereocenters. The molecule has 0 saturated heterocycles. The predicted molar refractivity (Wildman–Crippen MR) is 105 cm³/mol. The number of nitrogens with one attached hydrogen (secondary N) is 2. The molecule has 28 heavy (non-hydrogen) atoms. The summed E-state index contributed by atoms with van der Waals surface area (Å²) < 4.78 is 5.47. The van der Waals surface area contributed by atoms with Crippen molar-refractivity contribution in [2.45, 2.75) is 58.4 Å². The van der Waals surface area contributed by atoms with Crippen LogP contribution >= 0.6 is 0 Å². The smallest absolute Gasteiger partial charge is 0.239 e. The summed E-state index contributed by atoms with van der Waals surface area (Å²) in [6.07, 6.45) is 10.0. The molecule has 2 N–H and O–H groups in total. The van der Waals surface area contributed by atoms with E-state index in [0.29, 0.717) is 25.5 Å². The quantitative estimate of drug-likeness (QED) is 0.721. The number of aromatic nitrogens is 1. The second kappa shape index (κ2) is 8.10. The third-order valence-corrected chi connectivity index (χ3v) is 6.75. The molecule has 6 heteroatoms. The summed E-state index contributed by atoms with van der Waals surface area (Å²) >= 11 is 0. The van der Waals surface area contributed by atoms with Gasteiger partial charge < -0.3 is 15.4 Å². The number of pyridine rings is 1. The van der Waals surface area contributed by atoms with Gasteiger partial charge >= 0.3 is 0 Å². The molecule has 0 spiro atoms. The van der Waals surface area contributed by atoms with E-state index in [0.717, 1.165) is 23.3 Å². The molecule has 0 radical (unpaired) electrons. The molecule has 1 aromatic rings. The Balaban J connectivity index is 1.22. The molecule has 152 valence electrons. The minimum absolute atomic E-state index is 0.0217. The fourth-order valence-electron chi connectivity index (χ4n) is 6.17. The van der Waals surface area contributed by atoms with Crippen molar-refractivity contribution in [3.8, 4) is 5.88 Å². The van der Waals surface area contributed by atoms with E-state index in [2.05, 4.69) is 15.6 Å². The molecule has 4 saturated carbocycles. The van der Waals surface area contributed by atoms with Crippen LogP contribution in [0.25, 0.3) is 0 Å². The van der Waals surface area contributed by atoms with Gasteiger partial charge in [0.25, 0.3) is 0 Å². The van der Waals surface area contributed by atoms with Crippen LogP contribution in [0, 0.1) is 23.2 Å². The summed E-state index contributed by atoms with van der Waals surface area (Å²) in [6, 6.07) is 3.70. The number of carbonyl (C=O) groups excluding carboxylic acids is 2. The van der Waals surface area contributed by atoms with Gasteiger partial charge in [0, 0.05) is 24.7 Å². The molecular weight excluding hydrogens is 354 g/mol. The van der Waals surface area contributed by atoms with E-state index in [-0.39, 0.29) is 23.8 Å². The Morgan fingerprint density at radius 2 is 1.79 bits per heavy atom. The summed E-state index contributed by atoms with van der Waals surface area (Å²) in [7, 11) is 0. The van der Waals surface area contributed by atoms with Gasteiger partial charge in [0.15, 0.2) is 0 Å². The zero-order valence-electron chi connectivity index (χ0n) is 16.7. The highest BCUT2D eigenvalue weighted by Gasteiger charge is 2.51. The van der Waals surface area contributed by atoms with Crippen LogP contribution < -0.4 is 15.4 Å². The third-order valence-electron chi connectivity index (χ3n) is 6.75. The second-order valence-corrected chi connectivity index (χ2v) is 9.05. The summed E-state index contributed by atoms with van der Waals surface area (Å²) in [5, 5.41) is 5.67. The number of rotatable bonds is 8. The van der Waals surface area contributed by atoms with Crippen LogP contribution in [0.1, 0.15) is 57.4 Å². The van der Waals surface area contributed by atoms with Crippen molar-refractivity contribution in [1.82, 2.24) is 15.6 Å². The van der Waals surface area contributed by atoms with Crippen LogP contribution in [-0.2, 0) is 16.1 Å². The molecule has 0 aromatic carbocycles. The zero-order valence-corrected chi connectivity index (χ0v) is 16.7. The molecular formula is C22H31N3O3. The maximum atomic E-state index is 12.5. The van der Waals surface area contributed by atoms with E-state index >= 15 is 0 Å². The molecule has 0 unspecified atom stereocenters. The van der Waals surface area contributed by atoms with Crippen LogP contribution in [0.2, 0.25) is 0 Å². The van der Waals surface area contributed by atoms with Crippen LogP contribution in [0.15, 0.2) is 18.3 Å². The SMILES string of the molecule is CCOc1ncccc1CNC(=O)CNC(=O)CC12CC3CC(CC(C3)C1)C2. The van der Waals surface area contributed by atoms with Gasteiger partial charge in [-0.3, -0.25) is 9.59 Å². The predicted octanol–water partition coefficient (Wildman–Crippen LogP) is 2.82. The van der Waals surface area contributed by atoms with E-state index in [1.807, 2.05) is 19.1 Å². The molecule has 6 nitrogen and oxygen atoms in total. The highest BCUT2D eigenvalue weighted by atomic mass is 16.5. The van der Waals surface area contributed by atoms with Gasteiger partial charge in [-0.05, 0) is 74.7 Å². The number of carbonyl (C=O) groups is 2. The van der Waals surface area contributed by atoms with Crippen molar-refractivity contribution < 1.29 is 14.3 Å². The third kappa shape index (κ3) is 4.31. The first kappa shape index (κ1) is 19.2. The topological polar surface area (TPSA) is 80.3 Å². The first-order valence-electron chi connectivity index (χ1n) is 10.7. The van der Waals surface area contributed by atoms with Gasteiger partial charge in [0.2, 0.25) is 17.7 Å². The Bertz CT molecular complexity index is 698. The van der Waals surface area contributed by atoms with Crippen molar-refractivity contribution >= 4 is 11.8 Å². The normalized spacial score (nSPS) is 30.1. The fraction of sp³-hybridized carbons (Fsp3) is 0.682. The van der Waals surface area contributed by atoms with E-state index in [1.165, 1.54) is 38.5 Å². The Kier molecular flexibility index (Phi) is 5.56. The fourth-order valence-corrected chi connectivity index (χ4v) is 6.17. The molecule has 1 aromatic heterocycles. The van der Waals surface area contributed by atoms with Crippen LogP contribution in [0.3, 0.4) is 0 Å². The Hall–Kier alpha value is -2.11. The Morgan fingerprint density at radius 3 is 2.43 bits per heavy atom. The minimum Gasteiger partial charge on any atom is -0.478 e. The highest BCUT2D eigenvalue weighted by molar-refractivity contribution is 5.85. The van der Waals surface area contributed by atoms with E-state index in [4.69, 9.17) is 4.74 Å². The van der Waals surface area contributed by atoms with Crippen molar-refractivity contribution in [2.75, 3.05) is 13.2 Å². The van der Waals surface area contributed by atoms with Gasteiger partial charge in [0.1, 0.15) is 0 Å². The number of amides is 2. The van der Waals surface area contributed by atoms with Crippen molar-refractivity contribution in [2.24, 2.45) is 23.2 Å². The summed E-state index contributed by atoms with van der Waals surface area (Å²) in [4.78, 5) is 28.9. The number of hydrogen-bond donors (Lipinski definition) is 2. The number of hydrogen-bond acceptors (Lipinski definition) is 4. The Morgan fingerprint density at radius 1 is 1.11 bits per heavy atom. The van der Waals surface area contributed by atoms with Gasteiger partial charge in [-0.2, -0.15) is 0 Å². The minimum atomic E-state index is -0.190. The van der Waals surface area contributed by atoms with Crippen LogP contribution in [0.5, 0.6) is 5.88 Å². The lowest BCUT2D eigenvalue weighted by atomic mass is 9.49. The summed E-state index contributed by atoms with van der Waals surface area (Å²) in [5.41, 5.74) is 1.04. The Labute approximate surface area is 166 Å². The van der Waals surface area contributed by atoms with Crippen LogP contribution in [0.4, 0.5) is 0 Å².